The summed E-state index contributed by atoms with van der Waals surface area (Å²) in [6, 6.07) is 21.6. The number of hydrogen-bond donors (Lipinski definition) is 0. The number of ether oxygens (including phenoxy) is 1. The molecule has 0 aliphatic carbocycles. The molecule has 0 saturated heterocycles. The minimum Gasteiger partial charge on any atom is -0.497 e. The molecule has 0 bridgehead atoms. The highest BCUT2D eigenvalue weighted by Gasteiger charge is 2.14. The van der Waals surface area contributed by atoms with Crippen LogP contribution in [-0.2, 0) is 0 Å². The van der Waals surface area contributed by atoms with Crippen LogP contribution in [-0.4, -0.2) is 16.5 Å². The molecule has 0 N–H and O–H groups in total. The number of imidazole rings is 1. The van der Waals surface area contributed by atoms with Gasteiger partial charge in [-0.1, -0.05) is 36.4 Å². The van der Waals surface area contributed by atoms with Crippen molar-refractivity contribution in [3.05, 3.63) is 78.5 Å². The molecule has 0 radical (unpaired) electrons. The van der Waals surface area contributed by atoms with E-state index in [2.05, 4.69) is 10.2 Å². The number of aryl methyl sites for hydroxylation is 1. The number of hydrogen-bond acceptors (Lipinski definition) is 4. The zero-order valence-corrected chi connectivity index (χ0v) is 14.6. The number of rotatable bonds is 4. The van der Waals surface area contributed by atoms with E-state index in [1.807, 2.05) is 84.3 Å². The first-order valence-electron chi connectivity index (χ1n) is 8.34. The van der Waals surface area contributed by atoms with Crippen molar-refractivity contribution < 1.29 is 4.74 Å². The molecule has 0 amide bonds. The van der Waals surface area contributed by atoms with Gasteiger partial charge in [-0.3, -0.25) is 4.40 Å². The average Bonchev–Trinajstić information content (AvgIpc) is 3.04. The maximum absolute atomic E-state index is 5.25. The lowest BCUT2D eigenvalue weighted by molar-refractivity contribution is 0.415. The Morgan fingerprint density at radius 2 is 1.77 bits per heavy atom. The summed E-state index contributed by atoms with van der Waals surface area (Å²) in [5.74, 6) is 1.45. The Bertz CT molecular complexity index is 1080. The Kier molecular flexibility index (Phi) is 4.19. The zero-order valence-electron chi connectivity index (χ0n) is 14.6. The second-order valence-electron chi connectivity index (χ2n) is 5.98. The molecule has 0 aliphatic rings. The molecule has 2 aromatic heterocycles. The van der Waals surface area contributed by atoms with Crippen LogP contribution in [0.5, 0.6) is 5.75 Å². The van der Waals surface area contributed by atoms with Gasteiger partial charge < -0.3 is 4.74 Å². The number of nitrogens with zero attached hydrogens (tertiary/aromatic N) is 4. The molecule has 0 fully saturated rings. The largest absolute Gasteiger partial charge is 0.497 e. The van der Waals surface area contributed by atoms with Crippen molar-refractivity contribution in [1.29, 1.82) is 0 Å². The molecule has 0 unspecified atom stereocenters. The minimum absolute atomic E-state index is 0.703. The van der Waals surface area contributed by atoms with E-state index < -0.39 is 0 Å². The smallest absolute Gasteiger partial charge is 0.187 e. The molecular weight excluding hydrogens is 324 g/mol. The Balaban J connectivity index is 1.85. The first-order valence-corrected chi connectivity index (χ1v) is 8.34. The van der Waals surface area contributed by atoms with Gasteiger partial charge >= 0.3 is 0 Å². The van der Waals surface area contributed by atoms with Gasteiger partial charge in [0.25, 0.3) is 0 Å². The van der Waals surface area contributed by atoms with Crippen LogP contribution in [0.3, 0.4) is 0 Å². The first kappa shape index (κ1) is 16.0. The summed E-state index contributed by atoms with van der Waals surface area (Å²) in [6.07, 6.45) is 1.98. The average molecular weight is 342 g/mol. The third-order valence-electron chi connectivity index (χ3n) is 4.12. The van der Waals surface area contributed by atoms with Gasteiger partial charge in [-0.25, -0.2) is 4.98 Å². The minimum atomic E-state index is 0.703. The number of azo groups is 1. The highest BCUT2D eigenvalue weighted by Crippen LogP contribution is 2.32. The Hall–Kier alpha value is -3.47. The van der Waals surface area contributed by atoms with Crippen molar-refractivity contribution in [3.8, 4) is 17.0 Å². The van der Waals surface area contributed by atoms with Crippen molar-refractivity contribution in [3.63, 3.8) is 0 Å². The summed E-state index contributed by atoms with van der Waals surface area (Å²) in [5.41, 5.74) is 4.54. The Labute approximate surface area is 151 Å². The van der Waals surface area contributed by atoms with E-state index >= 15 is 0 Å². The molecule has 5 heteroatoms. The van der Waals surface area contributed by atoms with Gasteiger partial charge in [0.05, 0.1) is 12.8 Å². The maximum Gasteiger partial charge on any atom is 0.187 e. The summed E-state index contributed by atoms with van der Waals surface area (Å²) in [5, 5.41) is 8.92. The molecule has 0 saturated carbocycles. The lowest BCUT2D eigenvalue weighted by Gasteiger charge is -2.01. The molecule has 0 spiro atoms. The molecule has 26 heavy (non-hydrogen) atoms. The van der Waals surface area contributed by atoms with Crippen LogP contribution in [0.15, 0.2) is 83.2 Å². The second kappa shape index (κ2) is 6.80. The fraction of sp³-hybridized carbons (Fsp3) is 0.0952. The molecule has 128 valence electrons. The lowest BCUT2D eigenvalue weighted by atomic mass is 10.1. The van der Waals surface area contributed by atoms with E-state index in [9.17, 15) is 0 Å². The molecule has 0 aliphatic heterocycles. The van der Waals surface area contributed by atoms with Crippen LogP contribution in [0.2, 0.25) is 0 Å². The van der Waals surface area contributed by atoms with Gasteiger partial charge in [0, 0.05) is 17.8 Å². The van der Waals surface area contributed by atoms with Crippen LogP contribution >= 0.6 is 0 Å². The molecule has 0 atom stereocenters. The predicted octanol–water partition coefficient (Wildman–Crippen LogP) is 5.73. The third-order valence-corrected chi connectivity index (χ3v) is 4.12. The molecule has 4 rings (SSSR count). The normalized spacial score (nSPS) is 11.3. The van der Waals surface area contributed by atoms with E-state index in [1.54, 1.807) is 7.11 Å². The van der Waals surface area contributed by atoms with E-state index in [0.717, 1.165) is 33.9 Å². The van der Waals surface area contributed by atoms with E-state index in [4.69, 9.17) is 9.72 Å². The number of benzene rings is 2. The van der Waals surface area contributed by atoms with Crippen LogP contribution in [0.25, 0.3) is 16.9 Å². The number of aromatic nitrogens is 2. The summed E-state index contributed by atoms with van der Waals surface area (Å²) in [4.78, 5) is 4.77. The van der Waals surface area contributed by atoms with Crippen LogP contribution < -0.4 is 4.74 Å². The molecule has 4 aromatic rings. The van der Waals surface area contributed by atoms with Crippen molar-refractivity contribution in [1.82, 2.24) is 9.38 Å². The second-order valence-corrected chi connectivity index (χ2v) is 5.98. The molecular formula is C21H18N4O. The van der Waals surface area contributed by atoms with Gasteiger partial charge in [0.1, 0.15) is 17.1 Å². The molecule has 2 aromatic carbocycles. The summed E-state index contributed by atoms with van der Waals surface area (Å²) >= 11 is 0. The number of fused-ring (bicyclic) bond motifs is 1. The van der Waals surface area contributed by atoms with Crippen molar-refractivity contribution in [2.75, 3.05) is 7.11 Å². The van der Waals surface area contributed by atoms with Gasteiger partial charge in [0.15, 0.2) is 5.82 Å². The topological polar surface area (TPSA) is 51.2 Å². The fourth-order valence-corrected chi connectivity index (χ4v) is 2.80. The fourth-order valence-electron chi connectivity index (χ4n) is 2.80. The first-order chi connectivity index (χ1) is 12.7. The predicted molar refractivity (Wildman–Crippen MR) is 103 cm³/mol. The van der Waals surface area contributed by atoms with Crippen LogP contribution in [0.1, 0.15) is 5.56 Å². The van der Waals surface area contributed by atoms with Crippen molar-refractivity contribution >= 4 is 17.2 Å². The highest BCUT2D eigenvalue weighted by molar-refractivity contribution is 5.74. The van der Waals surface area contributed by atoms with E-state index in [1.165, 1.54) is 0 Å². The summed E-state index contributed by atoms with van der Waals surface area (Å²) in [7, 11) is 1.64. The third kappa shape index (κ3) is 3.07. The van der Waals surface area contributed by atoms with Gasteiger partial charge in [-0.15, -0.1) is 10.2 Å². The number of methoxy groups -OCH3 is 1. The molecule has 5 nitrogen and oxygen atoms in total. The van der Waals surface area contributed by atoms with Crippen LogP contribution in [0, 0.1) is 6.92 Å². The number of pyridine rings is 1. The van der Waals surface area contributed by atoms with Gasteiger partial charge in [-0.2, -0.15) is 0 Å². The Morgan fingerprint density at radius 1 is 0.923 bits per heavy atom. The van der Waals surface area contributed by atoms with Crippen molar-refractivity contribution in [2.24, 2.45) is 10.2 Å². The highest BCUT2D eigenvalue weighted by atomic mass is 16.5. The zero-order chi connectivity index (χ0) is 17.9. The summed E-state index contributed by atoms with van der Waals surface area (Å²) in [6.45, 7) is 2.05. The van der Waals surface area contributed by atoms with Gasteiger partial charge in [-0.05, 0) is 36.8 Å². The lowest BCUT2D eigenvalue weighted by Crippen LogP contribution is -1.84. The van der Waals surface area contributed by atoms with E-state index in [-0.39, 0.29) is 0 Å². The Morgan fingerprint density at radius 3 is 2.58 bits per heavy atom. The quantitative estimate of drug-likeness (QED) is 0.444. The van der Waals surface area contributed by atoms with E-state index in [0.29, 0.717) is 5.82 Å². The maximum atomic E-state index is 5.25. The van der Waals surface area contributed by atoms with Crippen LogP contribution in [0.4, 0.5) is 11.5 Å². The SMILES string of the molecule is COc1cccc(N=Nc2c(-c3ccccc3)nc3cc(C)ccn23)c1. The molecule has 2 heterocycles. The standard InChI is InChI=1S/C21H18N4O/c1-15-11-12-25-19(13-15)22-20(16-7-4-3-5-8-16)21(25)24-23-17-9-6-10-18(14-17)26-2/h3-14H,1-2H3. The van der Waals surface area contributed by atoms with Gasteiger partial charge in [0.2, 0.25) is 0 Å². The summed E-state index contributed by atoms with van der Waals surface area (Å²) < 4.78 is 7.21. The van der Waals surface area contributed by atoms with Crippen molar-refractivity contribution in [2.45, 2.75) is 6.92 Å². The monoisotopic (exact) mass is 342 g/mol.